The van der Waals surface area contributed by atoms with Gasteiger partial charge in [-0.1, -0.05) is 6.92 Å². The van der Waals surface area contributed by atoms with Gasteiger partial charge in [-0.3, -0.25) is 4.79 Å². The zero-order chi connectivity index (χ0) is 12.8. The van der Waals surface area contributed by atoms with Gasteiger partial charge >= 0.3 is 5.97 Å². The first-order valence-corrected chi connectivity index (χ1v) is 6.57. The van der Waals surface area contributed by atoms with Gasteiger partial charge in [0.2, 0.25) is 0 Å². The number of nitrogens with zero attached hydrogens (tertiary/aromatic N) is 1. The summed E-state index contributed by atoms with van der Waals surface area (Å²) in [5, 5.41) is 9.26. The van der Waals surface area contributed by atoms with Crippen molar-refractivity contribution in [2.24, 2.45) is 11.8 Å². The van der Waals surface area contributed by atoms with E-state index in [1.807, 2.05) is 14.0 Å². The fourth-order valence-electron chi connectivity index (χ4n) is 2.64. The molecule has 17 heavy (non-hydrogen) atoms. The normalized spacial score (nSPS) is 29.5. The molecule has 0 radical (unpaired) electrons. The molecule has 0 amide bonds. The summed E-state index contributed by atoms with van der Waals surface area (Å²) in [5.41, 5.74) is 0. The van der Waals surface area contributed by atoms with Crippen molar-refractivity contribution in [1.82, 2.24) is 4.90 Å². The molecule has 0 aromatic rings. The molecular formula is C13H25NO3. The maximum atomic E-state index is 11.2. The predicted molar refractivity (Wildman–Crippen MR) is 67.1 cm³/mol. The fraction of sp³-hybridized carbons (Fsp3) is 0.923. The summed E-state index contributed by atoms with van der Waals surface area (Å²) in [6.07, 6.45) is 2.83. The number of likely N-dealkylation sites (N-methyl/N-ethyl adjacent to an activating group) is 1. The SMILES string of the molecule is CCOCCN(C)C1CC(C)CCC1C(=O)O. The Labute approximate surface area is 104 Å². The quantitative estimate of drug-likeness (QED) is 0.723. The monoisotopic (exact) mass is 243 g/mol. The van der Waals surface area contributed by atoms with Crippen molar-refractivity contribution in [3.05, 3.63) is 0 Å². The van der Waals surface area contributed by atoms with Gasteiger partial charge in [-0.25, -0.2) is 0 Å². The van der Waals surface area contributed by atoms with Gasteiger partial charge in [-0.2, -0.15) is 0 Å². The Hall–Kier alpha value is -0.610. The first-order chi connectivity index (χ1) is 8.06. The van der Waals surface area contributed by atoms with E-state index >= 15 is 0 Å². The summed E-state index contributed by atoms with van der Waals surface area (Å²) >= 11 is 0. The molecule has 0 saturated heterocycles. The molecule has 1 fully saturated rings. The minimum Gasteiger partial charge on any atom is -0.481 e. The molecule has 1 N–H and O–H groups in total. The highest BCUT2D eigenvalue weighted by atomic mass is 16.5. The zero-order valence-corrected chi connectivity index (χ0v) is 11.2. The molecule has 1 saturated carbocycles. The number of rotatable bonds is 6. The molecule has 0 aromatic carbocycles. The summed E-state index contributed by atoms with van der Waals surface area (Å²) in [5.74, 6) is -0.229. The minimum absolute atomic E-state index is 0.164. The summed E-state index contributed by atoms with van der Waals surface area (Å²) in [4.78, 5) is 13.4. The van der Waals surface area contributed by atoms with Gasteiger partial charge < -0.3 is 14.7 Å². The van der Waals surface area contributed by atoms with Crippen LogP contribution in [0.25, 0.3) is 0 Å². The van der Waals surface area contributed by atoms with Crippen LogP contribution in [0.3, 0.4) is 0 Å². The predicted octanol–water partition coefficient (Wildman–Crippen LogP) is 1.84. The van der Waals surface area contributed by atoms with Crippen molar-refractivity contribution >= 4 is 5.97 Å². The zero-order valence-electron chi connectivity index (χ0n) is 11.2. The first-order valence-electron chi connectivity index (χ1n) is 6.57. The van der Waals surface area contributed by atoms with Crippen LogP contribution in [0, 0.1) is 11.8 Å². The maximum Gasteiger partial charge on any atom is 0.308 e. The lowest BCUT2D eigenvalue weighted by Crippen LogP contribution is -2.46. The number of ether oxygens (including phenoxy) is 1. The lowest BCUT2D eigenvalue weighted by atomic mass is 9.78. The van der Waals surface area contributed by atoms with Crippen LogP contribution in [-0.4, -0.2) is 48.8 Å². The summed E-state index contributed by atoms with van der Waals surface area (Å²) in [7, 11) is 2.01. The van der Waals surface area contributed by atoms with E-state index < -0.39 is 5.97 Å². The Morgan fingerprint density at radius 2 is 2.18 bits per heavy atom. The van der Waals surface area contributed by atoms with Gasteiger partial charge in [0, 0.05) is 19.2 Å². The van der Waals surface area contributed by atoms with Gasteiger partial charge in [0.1, 0.15) is 0 Å². The van der Waals surface area contributed by atoms with Crippen molar-refractivity contribution in [3.63, 3.8) is 0 Å². The molecule has 0 aliphatic heterocycles. The third-order valence-electron chi connectivity index (χ3n) is 3.75. The molecule has 100 valence electrons. The van der Waals surface area contributed by atoms with Gasteiger partial charge in [0.15, 0.2) is 0 Å². The fourth-order valence-corrected chi connectivity index (χ4v) is 2.64. The van der Waals surface area contributed by atoms with E-state index in [4.69, 9.17) is 4.74 Å². The van der Waals surface area contributed by atoms with Crippen molar-refractivity contribution in [2.45, 2.75) is 39.2 Å². The van der Waals surface area contributed by atoms with Crippen LogP contribution in [0.4, 0.5) is 0 Å². The van der Waals surface area contributed by atoms with Crippen LogP contribution in [0.1, 0.15) is 33.1 Å². The van der Waals surface area contributed by atoms with Crippen molar-refractivity contribution in [1.29, 1.82) is 0 Å². The summed E-state index contributed by atoms with van der Waals surface area (Å²) in [6, 6.07) is 0.164. The van der Waals surface area contributed by atoms with Gasteiger partial charge in [0.05, 0.1) is 12.5 Å². The van der Waals surface area contributed by atoms with Crippen LogP contribution in [0.5, 0.6) is 0 Å². The number of aliphatic carboxylic acids is 1. The third-order valence-corrected chi connectivity index (χ3v) is 3.75. The smallest absolute Gasteiger partial charge is 0.308 e. The largest absolute Gasteiger partial charge is 0.481 e. The van der Waals surface area contributed by atoms with E-state index in [1.165, 1.54) is 0 Å². The second-order valence-electron chi connectivity index (χ2n) is 5.11. The van der Waals surface area contributed by atoms with Gasteiger partial charge in [-0.05, 0) is 39.2 Å². The van der Waals surface area contributed by atoms with E-state index in [0.717, 1.165) is 32.4 Å². The molecule has 1 aliphatic carbocycles. The molecule has 3 atom stereocenters. The summed E-state index contributed by atoms with van der Waals surface area (Å²) < 4.78 is 5.33. The third kappa shape index (κ3) is 4.28. The van der Waals surface area contributed by atoms with Crippen LogP contribution in [0.15, 0.2) is 0 Å². The number of carboxylic acid groups (broad SMARTS) is 1. The Morgan fingerprint density at radius 1 is 1.47 bits per heavy atom. The molecule has 0 aromatic heterocycles. The van der Waals surface area contributed by atoms with E-state index in [1.54, 1.807) is 0 Å². The Balaban J connectivity index is 2.52. The molecule has 0 bridgehead atoms. The van der Waals surface area contributed by atoms with E-state index in [2.05, 4.69) is 11.8 Å². The van der Waals surface area contributed by atoms with Crippen LogP contribution >= 0.6 is 0 Å². The Morgan fingerprint density at radius 3 is 2.76 bits per heavy atom. The number of hydrogen-bond acceptors (Lipinski definition) is 3. The molecule has 1 aliphatic rings. The molecule has 1 rings (SSSR count). The average Bonchev–Trinajstić information content (AvgIpc) is 2.28. The topological polar surface area (TPSA) is 49.8 Å². The average molecular weight is 243 g/mol. The van der Waals surface area contributed by atoms with Crippen LogP contribution in [-0.2, 0) is 9.53 Å². The van der Waals surface area contributed by atoms with E-state index in [9.17, 15) is 9.90 Å². The lowest BCUT2D eigenvalue weighted by Gasteiger charge is -2.38. The summed E-state index contributed by atoms with van der Waals surface area (Å²) in [6.45, 7) is 6.40. The lowest BCUT2D eigenvalue weighted by molar-refractivity contribution is -0.146. The highest BCUT2D eigenvalue weighted by molar-refractivity contribution is 5.71. The van der Waals surface area contributed by atoms with Gasteiger partial charge in [0.25, 0.3) is 0 Å². The standard InChI is InChI=1S/C13H25NO3/c1-4-17-8-7-14(3)12-9-10(2)5-6-11(12)13(15)16/h10-12H,4-9H2,1-3H3,(H,15,16). The molecule has 4 heteroatoms. The minimum atomic E-state index is -0.648. The van der Waals surface area contributed by atoms with E-state index in [0.29, 0.717) is 12.5 Å². The second kappa shape index (κ2) is 6.97. The Bertz CT molecular complexity index is 245. The van der Waals surface area contributed by atoms with E-state index in [-0.39, 0.29) is 12.0 Å². The molecule has 3 unspecified atom stereocenters. The molecule has 0 heterocycles. The maximum absolute atomic E-state index is 11.2. The highest BCUT2D eigenvalue weighted by Crippen LogP contribution is 2.31. The highest BCUT2D eigenvalue weighted by Gasteiger charge is 2.35. The number of carbonyl (C=O) groups is 1. The van der Waals surface area contributed by atoms with Crippen LogP contribution in [0.2, 0.25) is 0 Å². The second-order valence-corrected chi connectivity index (χ2v) is 5.11. The molecule has 0 spiro atoms. The van der Waals surface area contributed by atoms with Gasteiger partial charge in [-0.15, -0.1) is 0 Å². The van der Waals surface area contributed by atoms with Crippen molar-refractivity contribution < 1.29 is 14.6 Å². The first kappa shape index (κ1) is 14.5. The van der Waals surface area contributed by atoms with Crippen molar-refractivity contribution in [3.8, 4) is 0 Å². The van der Waals surface area contributed by atoms with Crippen LogP contribution < -0.4 is 0 Å². The molecule has 4 nitrogen and oxygen atoms in total. The number of carboxylic acids is 1. The van der Waals surface area contributed by atoms with Crippen molar-refractivity contribution in [2.75, 3.05) is 26.8 Å². The Kier molecular flexibility index (Phi) is 5.92. The number of hydrogen-bond donors (Lipinski definition) is 1. The molecular weight excluding hydrogens is 218 g/mol.